The van der Waals surface area contributed by atoms with Gasteiger partial charge in [-0.05, 0) is 30.6 Å². The SMILES string of the molecule is CCOC(=O)CN1C(=O)[C@H](c2ccccc2)[C@H]1CO[Si](C)(C)C(C)(C)C. The summed E-state index contributed by atoms with van der Waals surface area (Å²) in [5, 5.41) is 0.0922. The molecular formula is C20H31NO4Si. The second kappa shape index (κ2) is 7.92. The first-order valence-electron chi connectivity index (χ1n) is 9.23. The fraction of sp³-hybridized carbons (Fsp3) is 0.600. The van der Waals surface area contributed by atoms with Gasteiger partial charge >= 0.3 is 5.97 Å². The molecule has 1 fully saturated rings. The van der Waals surface area contributed by atoms with Crippen molar-refractivity contribution in [2.24, 2.45) is 0 Å². The summed E-state index contributed by atoms with van der Waals surface area (Å²) in [7, 11) is -1.94. The Hall–Kier alpha value is -1.66. The predicted octanol–water partition coefficient (Wildman–Crippen LogP) is 3.57. The standard InChI is InChI=1S/C20H31NO4Si/c1-7-24-17(22)13-21-16(14-25-26(5,6)20(2,3)4)18(19(21)23)15-11-9-8-10-12-15/h8-12,16,18H,7,13-14H2,1-6H3/t16-,18-/m1/s1. The van der Waals surface area contributed by atoms with Gasteiger partial charge in [0.2, 0.25) is 5.91 Å². The number of β-lactam (4-membered cyclic amide) rings is 1. The van der Waals surface area contributed by atoms with Gasteiger partial charge in [0.15, 0.2) is 8.32 Å². The van der Waals surface area contributed by atoms with Crippen molar-refractivity contribution in [3.63, 3.8) is 0 Å². The van der Waals surface area contributed by atoms with Gasteiger partial charge in [0.05, 0.1) is 25.2 Å². The highest BCUT2D eigenvalue weighted by molar-refractivity contribution is 6.74. The van der Waals surface area contributed by atoms with Crippen LogP contribution >= 0.6 is 0 Å². The number of amides is 1. The zero-order valence-corrected chi connectivity index (χ0v) is 17.7. The number of rotatable bonds is 7. The van der Waals surface area contributed by atoms with Crippen molar-refractivity contribution >= 4 is 20.2 Å². The summed E-state index contributed by atoms with van der Waals surface area (Å²) in [6.45, 7) is 13.5. The molecule has 1 heterocycles. The number of esters is 1. The monoisotopic (exact) mass is 377 g/mol. The minimum absolute atomic E-state index is 0.0124. The predicted molar refractivity (Wildman–Crippen MR) is 104 cm³/mol. The molecule has 144 valence electrons. The summed E-state index contributed by atoms with van der Waals surface area (Å²) in [5.74, 6) is -0.659. The lowest BCUT2D eigenvalue weighted by Gasteiger charge is -2.48. The average molecular weight is 378 g/mol. The molecule has 1 saturated heterocycles. The summed E-state index contributed by atoms with van der Waals surface area (Å²) < 4.78 is 11.4. The van der Waals surface area contributed by atoms with E-state index in [1.54, 1.807) is 11.8 Å². The van der Waals surface area contributed by atoms with Crippen molar-refractivity contribution in [2.45, 2.75) is 57.8 Å². The summed E-state index contributed by atoms with van der Waals surface area (Å²) in [5.41, 5.74) is 0.974. The van der Waals surface area contributed by atoms with Crippen LogP contribution < -0.4 is 0 Å². The largest absolute Gasteiger partial charge is 0.465 e. The Kier molecular flexibility index (Phi) is 6.29. The summed E-state index contributed by atoms with van der Waals surface area (Å²) in [4.78, 5) is 26.2. The van der Waals surface area contributed by atoms with Crippen LogP contribution in [-0.4, -0.2) is 50.9 Å². The molecule has 0 unspecified atom stereocenters. The van der Waals surface area contributed by atoms with Gasteiger partial charge in [-0.1, -0.05) is 51.1 Å². The van der Waals surface area contributed by atoms with Crippen molar-refractivity contribution in [3.8, 4) is 0 Å². The van der Waals surface area contributed by atoms with E-state index in [-0.39, 0.29) is 35.4 Å². The lowest BCUT2D eigenvalue weighted by molar-refractivity contribution is -0.161. The third-order valence-corrected chi connectivity index (χ3v) is 10.0. The topological polar surface area (TPSA) is 55.8 Å². The molecular weight excluding hydrogens is 346 g/mol. The molecule has 0 aliphatic carbocycles. The number of carbonyl (C=O) groups is 2. The van der Waals surface area contributed by atoms with Crippen molar-refractivity contribution in [1.29, 1.82) is 0 Å². The van der Waals surface area contributed by atoms with Gasteiger partial charge < -0.3 is 14.1 Å². The van der Waals surface area contributed by atoms with Gasteiger partial charge in [0.25, 0.3) is 0 Å². The van der Waals surface area contributed by atoms with E-state index in [1.807, 2.05) is 30.3 Å². The Balaban J connectivity index is 2.16. The number of ether oxygens (including phenoxy) is 1. The van der Waals surface area contributed by atoms with E-state index in [4.69, 9.17) is 9.16 Å². The molecule has 5 nitrogen and oxygen atoms in total. The van der Waals surface area contributed by atoms with Crippen LogP contribution in [0.3, 0.4) is 0 Å². The van der Waals surface area contributed by atoms with Gasteiger partial charge in [-0.15, -0.1) is 0 Å². The van der Waals surface area contributed by atoms with Gasteiger partial charge in [0.1, 0.15) is 6.54 Å². The Morgan fingerprint density at radius 1 is 1.19 bits per heavy atom. The van der Waals surface area contributed by atoms with E-state index >= 15 is 0 Å². The van der Waals surface area contributed by atoms with Gasteiger partial charge in [-0.2, -0.15) is 0 Å². The van der Waals surface area contributed by atoms with Gasteiger partial charge in [-0.3, -0.25) is 9.59 Å². The van der Waals surface area contributed by atoms with Crippen LogP contribution in [0.2, 0.25) is 18.1 Å². The molecule has 26 heavy (non-hydrogen) atoms. The first-order valence-corrected chi connectivity index (χ1v) is 12.1. The lowest BCUT2D eigenvalue weighted by atomic mass is 9.82. The summed E-state index contributed by atoms with van der Waals surface area (Å²) >= 11 is 0. The molecule has 0 saturated carbocycles. The van der Waals surface area contributed by atoms with Crippen LogP contribution in [0.1, 0.15) is 39.2 Å². The van der Waals surface area contributed by atoms with Crippen LogP contribution in [0.15, 0.2) is 30.3 Å². The molecule has 0 spiro atoms. The minimum Gasteiger partial charge on any atom is -0.465 e. The third-order valence-electron chi connectivity index (χ3n) is 5.52. The van der Waals surface area contributed by atoms with Crippen molar-refractivity contribution in [1.82, 2.24) is 4.90 Å². The molecule has 1 aromatic rings. The Labute approximate surface area is 157 Å². The van der Waals surface area contributed by atoms with Crippen molar-refractivity contribution in [2.75, 3.05) is 19.8 Å². The molecule has 6 heteroatoms. The van der Waals surface area contributed by atoms with E-state index in [9.17, 15) is 9.59 Å². The molecule has 1 amide bonds. The number of carbonyl (C=O) groups excluding carboxylic acids is 2. The molecule has 0 bridgehead atoms. The summed E-state index contributed by atoms with van der Waals surface area (Å²) in [6, 6.07) is 9.59. The van der Waals surface area contributed by atoms with Crippen LogP contribution in [0.25, 0.3) is 0 Å². The molecule has 1 aliphatic rings. The number of hydrogen-bond donors (Lipinski definition) is 0. The lowest BCUT2D eigenvalue weighted by Crippen LogP contribution is -2.63. The number of hydrogen-bond acceptors (Lipinski definition) is 4. The highest BCUT2D eigenvalue weighted by Gasteiger charge is 2.50. The minimum atomic E-state index is -1.94. The zero-order valence-electron chi connectivity index (χ0n) is 16.7. The zero-order chi connectivity index (χ0) is 19.5. The molecule has 0 radical (unpaired) electrons. The molecule has 1 aliphatic heterocycles. The maximum atomic E-state index is 12.7. The number of nitrogens with zero attached hydrogens (tertiary/aromatic N) is 1. The normalized spacial score (nSPS) is 20.7. The maximum Gasteiger partial charge on any atom is 0.325 e. The highest BCUT2D eigenvalue weighted by atomic mass is 28.4. The van der Waals surface area contributed by atoms with Crippen LogP contribution in [-0.2, 0) is 18.8 Å². The van der Waals surface area contributed by atoms with Gasteiger partial charge in [0, 0.05) is 0 Å². The fourth-order valence-corrected chi connectivity index (χ4v) is 3.89. The second-order valence-corrected chi connectivity index (χ2v) is 13.1. The smallest absolute Gasteiger partial charge is 0.325 e. The number of benzene rings is 1. The van der Waals surface area contributed by atoms with Crippen LogP contribution in [0, 0.1) is 0 Å². The Bertz CT molecular complexity index is 639. The fourth-order valence-electron chi connectivity index (χ4n) is 2.87. The van der Waals surface area contributed by atoms with E-state index in [2.05, 4.69) is 33.9 Å². The molecule has 0 N–H and O–H groups in total. The van der Waals surface area contributed by atoms with E-state index in [1.165, 1.54) is 0 Å². The third kappa shape index (κ3) is 4.35. The molecule has 0 aromatic heterocycles. The first-order chi connectivity index (χ1) is 12.1. The van der Waals surface area contributed by atoms with E-state index < -0.39 is 8.32 Å². The van der Waals surface area contributed by atoms with Gasteiger partial charge in [-0.25, -0.2) is 0 Å². The van der Waals surface area contributed by atoms with Crippen molar-refractivity contribution < 1.29 is 18.8 Å². The quantitative estimate of drug-likeness (QED) is 0.414. The van der Waals surface area contributed by atoms with E-state index in [0.717, 1.165) is 5.56 Å². The number of likely N-dealkylation sites (tertiary alicyclic amines) is 1. The first kappa shape index (κ1) is 20.6. The Morgan fingerprint density at radius 2 is 1.81 bits per heavy atom. The van der Waals surface area contributed by atoms with Crippen molar-refractivity contribution in [3.05, 3.63) is 35.9 Å². The molecule has 2 atom stereocenters. The van der Waals surface area contributed by atoms with E-state index in [0.29, 0.717) is 13.2 Å². The van der Waals surface area contributed by atoms with Crippen LogP contribution in [0.4, 0.5) is 0 Å². The molecule has 1 aromatic carbocycles. The summed E-state index contributed by atoms with van der Waals surface area (Å²) in [6.07, 6.45) is 0. The average Bonchev–Trinajstić information content (AvgIpc) is 2.56. The molecule has 2 rings (SSSR count). The maximum absolute atomic E-state index is 12.7. The second-order valence-electron chi connectivity index (χ2n) is 8.30. The highest BCUT2D eigenvalue weighted by Crippen LogP contribution is 2.40. The Morgan fingerprint density at radius 3 is 2.35 bits per heavy atom. The van der Waals surface area contributed by atoms with Crippen LogP contribution in [0.5, 0.6) is 0 Å².